The Kier molecular flexibility index (Phi) is 4.43. The van der Waals surface area contributed by atoms with Gasteiger partial charge in [0.05, 0.1) is 5.56 Å². The van der Waals surface area contributed by atoms with Crippen molar-refractivity contribution in [3.8, 4) is 11.5 Å². The van der Waals surface area contributed by atoms with E-state index >= 15 is 0 Å². The highest BCUT2D eigenvalue weighted by Crippen LogP contribution is 2.24. The fourth-order valence-electron chi connectivity index (χ4n) is 1.66. The van der Waals surface area contributed by atoms with Crippen LogP contribution in [0.5, 0.6) is 11.5 Å². The molecule has 20 heavy (non-hydrogen) atoms. The van der Waals surface area contributed by atoms with E-state index in [1.54, 1.807) is 12.1 Å². The second-order valence-electron chi connectivity index (χ2n) is 4.10. The molecule has 6 heteroatoms. The second kappa shape index (κ2) is 6.08. The molecule has 104 valence electrons. The number of rotatable bonds is 3. The summed E-state index contributed by atoms with van der Waals surface area (Å²) in [5.41, 5.74) is 0.594. The van der Waals surface area contributed by atoms with Crippen molar-refractivity contribution in [3.63, 3.8) is 0 Å². The molecule has 0 aliphatic heterocycles. The third-order valence-corrected chi connectivity index (χ3v) is 3.58. The summed E-state index contributed by atoms with van der Waals surface area (Å²) in [6.07, 6.45) is 0. The highest BCUT2D eigenvalue weighted by Gasteiger charge is 2.15. The summed E-state index contributed by atoms with van der Waals surface area (Å²) in [6.45, 7) is 0.122. The quantitative estimate of drug-likeness (QED) is 0.561. The zero-order valence-electron chi connectivity index (χ0n) is 10.2. The van der Waals surface area contributed by atoms with Gasteiger partial charge in [0, 0.05) is 10.1 Å². The molecule has 0 aliphatic carbocycles. The van der Waals surface area contributed by atoms with E-state index in [0.717, 1.165) is 0 Å². The van der Waals surface area contributed by atoms with Crippen LogP contribution in [-0.2, 0) is 6.54 Å². The molecule has 0 heterocycles. The minimum absolute atomic E-state index is 0.00361. The molecule has 0 saturated heterocycles. The average Bonchev–Trinajstić information content (AvgIpc) is 2.40. The standard InChI is InChI=1S/C14H11FINO3/c15-9-2-1-3-10(16)13(9)14(20)17-7-8-4-5-11(18)12(19)6-8/h1-6,18-19H,7H2,(H,17,20). The first-order valence-corrected chi connectivity index (χ1v) is 6.80. The summed E-state index contributed by atoms with van der Waals surface area (Å²) >= 11 is 1.89. The van der Waals surface area contributed by atoms with E-state index in [2.05, 4.69) is 5.32 Å². The monoisotopic (exact) mass is 387 g/mol. The van der Waals surface area contributed by atoms with Crippen molar-refractivity contribution >= 4 is 28.5 Å². The molecule has 0 spiro atoms. The number of phenols is 2. The van der Waals surface area contributed by atoms with E-state index in [0.29, 0.717) is 9.13 Å². The van der Waals surface area contributed by atoms with Gasteiger partial charge in [0.25, 0.3) is 5.91 Å². The number of nitrogens with one attached hydrogen (secondary N) is 1. The van der Waals surface area contributed by atoms with Crippen molar-refractivity contribution < 1.29 is 19.4 Å². The molecule has 2 aromatic rings. The van der Waals surface area contributed by atoms with Gasteiger partial charge in [-0.05, 0) is 52.4 Å². The largest absolute Gasteiger partial charge is 0.504 e. The molecule has 0 fully saturated rings. The topological polar surface area (TPSA) is 69.6 Å². The first kappa shape index (κ1) is 14.6. The second-order valence-corrected chi connectivity index (χ2v) is 5.26. The molecule has 4 nitrogen and oxygen atoms in total. The number of aromatic hydroxyl groups is 2. The first-order valence-electron chi connectivity index (χ1n) is 5.72. The lowest BCUT2D eigenvalue weighted by Gasteiger charge is -2.08. The summed E-state index contributed by atoms with van der Waals surface area (Å²) in [4.78, 5) is 11.9. The molecule has 0 atom stereocenters. The number of halogens is 2. The zero-order valence-corrected chi connectivity index (χ0v) is 12.4. The molecule has 0 aromatic heterocycles. The summed E-state index contributed by atoms with van der Waals surface area (Å²) in [5.74, 6) is -1.61. The van der Waals surface area contributed by atoms with Gasteiger partial charge in [-0.2, -0.15) is 0 Å². The SMILES string of the molecule is O=C(NCc1ccc(O)c(O)c1)c1c(F)cccc1I. The molecule has 0 saturated carbocycles. The van der Waals surface area contributed by atoms with Crippen molar-refractivity contribution in [1.29, 1.82) is 0 Å². The van der Waals surface area contributed by atoms with E-state index in [9.17, 15) is 19.4 Å². The van der Waals surface area contributed by atoms with Crippen molar-refractivity contribution in [2.75, 3.05) is 0 Å². The van der Waals surface area contributed by atoms with Crippen molar-refractivity contribution in [2.45, 2.75) is 6.54 Å². The van der Waals surface area contributed by atoms with Crippen molar-refractivity contribution in [2.24, 2.45) is 0 Å². The van der Waals surface area contributed by atoms with Crippen LogP contribution in [0.15, 0.2) is 36.4 Å². The van der Waals surface area contributed by atoms with Gasteiger partial charge < -0.3 is 15.5 Å². The molecule has 0 radical (unpaired) electrons. The van der Waals surface area contributed by atoms with Crippen LogP contribution in [0.1, 0.15) is 15.9 Å². The Labute approximate surface area is 128 Å². The Morgan fingerprint density at radius 3 is 2.60 bits per heavy atom. The van der Waals surface area contributed by atoms with Crippen LogP contribution in [0, 0.1) is 9.39 Å². The Morgan fingerprint density at radius 1 is 1.20 bits per heavy atom. The van der Waals surface area contributed by atoms with E-state index in [-0.39, 0.29) is 23.6 Å². The van der Waals surface area contributed by atoms with Gasteiger partial charge >= 0.3 is 0 Å². The van der Waals surface area contributed by atoms with Gasteiger partial charge in [0.15, 0.2) is 11.5 Å². The predicted octanol–water partition coefficient (Wildman–Crippen LogP) is 2.77. The van der Waals surface area contributed by atoms with Crippen LogP contribution in [0.3, 0.4) is 0 Å². The molecular formula is C14H11FINO3. The van der Waals surface area contributed by atoms with Crippen LogP contribution in [0.4, 0.5) is 4.39 Å². The van der Waals surface area contributed by atoms with Gasteiger partial charge in [0.2, 0.25) is 0 Å². The number of carbonyl (C=O) groups is 1. The van der Waals surface area contributed by atoms with E-state index in [1.807, 2.05) is 22.6 Å². The third kappa shape index (κ3) is 3.19. The van der Waals surface area contributed by atoms with E-state index in [4.69, 9.17) is 0 Å². The molecular weight excluding hydrogens is 376 g/mol. The summed E-state index contributed by atoms with van der Waals surface area (Å²) in [6, 6.07) is 8.62. The number of amides is 1. The van der Waals surface area contributed by atoms with Crippen LogP contribution in [0.2, 0.25) is 0 Å². The fraction of sp³-hybridized carbons (Fsp3) is 0.0714. The maximum absolute atomic E-state index is 13.6. The molecule has 0 aliphatic rings. The minimum Gasteiger partial charge on any atom is -0.504 e. The third-order valence-electron chi connectivity index (χ3n) is 2.68. The molecule has 0 unspecified atom stereocenters. The molecule has 2 rings (SSSR count). The lowest BCUT2D eigenvalue weighted by molar-refractivity contribution is 0.0946. The Bertz CT molecular complexity index is 641. The minimum atomic E-state index is -0.581. The van der Waals surface area contributed by atoms with Crippen LogP contribution in [-0.4, -0.2) is 16.1 Å². The lowest BCUT2D eigenvalue weighted by Crippen LogP contribution is -2.24. The zero-order chi connectivity index (χ0) is 14.7. The summed E-state index contributed by atoms with van der Waals surface area (Å²) in [7, 11) is 0. The van der Waals surface area contributed by atoms with Crippen molar-refractivity contribution in [3.05, 3.63) is 56.9 Å². The lowest BCUT2D eigenvalue weighted by atomic mass is 10.1. The molecule has 2 aromatic carbocycles. The van der Waals surface area contributed by atoms with Gasteiger partial charge in [-0.25, -0.2) is 4.39 Å². The van der Waals surface area contributed by atoms with Crippen LogP contribution >= 0.6 is 22.6 Å². The number of carbonyl (C=O) groups excluding carboxylic acids is 1. The number of benzene rings is 2. The normalized spacial score (nSPS) is 10.3. The molecule has 3 N–H and O–H groups in total. The Balaban J connectivity index is 2.11. The smallest absolute Gasteiger partial charge is 0.255 e. The fourth-order valence-corrected chi connectivity index (χ4v) is 2.37. The Morgan fingerprint density at radius 2 is 1.95 bits per heavy atom. The van der Waals surface area contributed by atoms with Gasteiger partial charge in [-0.1, -0.05) is 12.1 Å². The van der Waals surface area contributed by atoms with Gasteiger partial charge in [-0.15, -0.1) is 0 Å². The molecule has 1 amide bonds. The first-order chi connectivity index (χ1) is 9.49. The van der Waals surface area contributed by atoms with Crippen LogP contribution < -0.4 is 5.32 Å². The number of hydrogen-bond donors (Lipinski definition) is 3. The van der Waals surface area contributed by atoms with Crippen LogP contribution in [0.25, 0.3) is 0 Å². The predicted molar refractivity (Wildman–Crippen MR) is 80.1 cm³/mol. The maximum atomic E-state index is 13.6. The highest BCUT2D eigenvalue weighted by atomic mass is 127. The number of hydrogen-bond acceptors (Lipinski definition) is 3. The average molecular weight is 387 g/mol. The number of phenolic OH excluding ortho intramolecular Hbond substituents is 2. The van der Waals surface area contributed by atoms with E-state index in [1.165, 1.54) is 24.3 Å². The maximum Gasteiger partial charge on any atom is 0.255 e. The highest BCUT2D eigenvalue weighted by molar-refractivity contribution is 14.1. The Hall–Kier alpha value is -1.83. The van der Waals surface area contributed by atoms with Gasteiger partial charge in [0.1, 0.15) is 5.82 Å². The summed E-state index contributed by atoms with van der Waals surface area (Å²) in [5, 5.41) is 21.1. The van der Waals surface area contributed by atoms with Crippen molar-refractivity contribution in [1.82, 2.24) is 5.32 Å². The van der Waals surface area contributed by atoms with E-state index < -0.39 is 11.7 Å². The molecule has 0 bridgehead atoms. The summed E-state index contributed by atoms with van der Waals surface area (Å²) < 4.78 is 14.1. The van der Waals surface area contributed by atoms with Gasteiger partial charge in [-0.3, -0.25) is 4.79 Å².